The summed E-state index contributed by atoms with van der Waals surface area (Å²) in [6.45, 7) is 4.28. The highest BCUT2D eigenvalue weighted by Crippen LogP contribution is 2.31. The van der Waals surface area contributed by atoms with Crippen LogP contribution in [0, 0.1) is 12.8 Å². The monoisotopic (exact) mass is 583 g/mol. The maximum absolute atomic E-state index is 13.4. The molecule has 1 heterocycles. The van der Waals surface area contributed by atoms with Gasteiger partial charge in [0, 0.05) is 40.7 Å². The predicted molar refractivity (Wildman–Crippen MR) is 158 cm³/mol. The van der Waals surface area contributed by atoms with Crippen molar-refractivity contribution in [1.29, 1.82) is 0 Å². The highest BCUT2D eigenvalue weighted by Gasteiger charge is 2.23. The number of hydrogen-bond acceptors (Lipinski definition) is 6. The van der Waals surface area contributed by atoms with Gasteiger partial charge in [0.1, 0.15) is 5.75 Å². The molecule has 4 rings (SSSR count). The first-order valence-electron chi connectivity index (χ1n) is 14.1. The number of carbonyl (C=O) groups excluding carboxylic acids is 3. The first kappa shape index (κ1) is 30.6. The van der Waals surface area contributed by atoms with E-state index < -0.39 is 0 Å². The van der Waals surface area contributed by atoms with E-state index in [0.29, 0.717) is 67.1 Å². The molecule has 3 aromatic rings. The molecule has 0 aliphatic heterocycles. The Labute approximate surface area is 245 Å². The molecule has 0 atom stereocenters. The summed E-state index contributed by atoms with van der Waals surface area (Å²) in [5.41, 5.74) is 2.65. The fourth-order valence-corrected chi connectivity index (χ4v) is 5.31. The average molecular weight is 584 g/mol. The molecule has 0 spiro atoms. The molecule has 10 heteroatoms. The third-order valence-electron chi connectivity index (χ3n) is 7.39. The summed E-state index contributed by atoms with van der Waals surface area (Å²) in [6.07, 6.45) is 4.35. The molecular weight excluding hydrogens is 546 g/mol. The fraction of sp³-hybridized carbons (Fsp3) is 0.452. The molecule has 9 nitrogen and oxygen atoms in total. The van der Waals surface area contributed by atoms with Crippen molar-refractivity contribution < 1.29 is 28.6 Å². The highest BCUT2D eigenvalue weighted by molar-refractivity contribution is 6.30. The quantitative estimate of drug-likeness (QED) is 0.274. The number of aromatic nitrogens is 1. The third-order valence-corrected chi connectivity index (χ3v) is 7.64. The summed E-state index contributed by atoms with van der Waals surface area (Å²) in [5, 5.41) is 7.14. The number of halogens is 1. The van der Waals surface area contributed by atoms with Gasteiger partial charge < -0.3 is 24.8 Å². The lowest BCUT2D eigenvalue weighted by atomic mass is 10.1. The summed E-state index contributed by atoms with van der Waals surface area (Å²) in [6, 6.07) is 12.2. The predicted octanol–water partition coefficient (Wildman–Crippen LogP) is 4.30. The number of amides is 2. The van der Waals surface area contributed by atoms with Gasteiger partial charge >= 0.3 is 0 Å². The van der Waals surface area contributed by atoms with E-state index in [-0.39, 0.29) is 30.1 Å². The molecule has 0 saturated heterocycles. The smallest absolute Gasteiger partial charge is 0.262 e. The minimum absolute atomic E-state index is 0.103. The van der Waals surface area contributed by atoms with Gasteiger partial charge in [-0.3, -0.25) is 19.0 Å². The van der Waals surface area contributed by atoms with E-state index in [9.17, 15) is 14.4 Å². The zero-order chi connectivity index (χ0) is 29.2. The lowest BCUT2D eigenvalue weighted by molar-refractivity contribution is -0.125. The van der Waals surface area contributed by atoms with E-state index in [4.69, 9.17) is 25.8 Å². The minimum atomic E-state index is -0.201. The Morgan fingerprint density at radius 1 is 0.927 bits per heavy atom. The Bertz CT molecular complexity index is 1350. The number of benzene rings is 2. The van der Waals surface area contributed by atoms with E-state index in [2.05, 4.69) is 10.6 Å². The second kappa shape index (κ2) is 15.0. The van der Waals surface area contributed by atoms with Crippen molar-refractivity contribution in [3.05, 3.63) is 64.3 Å². The van der Waals surface area contributed by atoms with Crippen LogP contribution in [0.25, 0.3) is 10.9 Å². The minimum Gasteiger partial charge on any atom is -0.497 e. The number of hydrogen-bond donors (Lipinski definition) is 2. The van der Waals surface area contributed by atoms with E-state index in [1.54, 1.807) is 42.0 Å². The van der Waals surface area contributed by atoms with Gasteiger partial charge in [-0.25, -0.2) is 0 Å². The number of methoxy groups -OCH3 is 1. The maximum Gasteiger partial charge on any atom is 0.262 e. The SMILES string of the molecule is COc1ccc2c(c1)c(CC(=O)NCCOCCOCCNC(=O)C1CCCC1)c(C)n2C(=O)c1ccc(Cl)cc1. The Kier molecular flexibility index (Phi) is 11.2. The molecule has 220 valence electrons. The van der Waals surface area contributed by atoms with Crippen molar-refractivity contribution in [3.63, 3.8) is 0 Å². The zero-order valence-corrected chi connectivity index (χ0v) is 24.4. The molecule has 2 N–H and O–H groups in total. The van der Waals surface area contributed by atoms with Gasteiger partial charge in [-0.1, -0.05) is 24.4 Å². The summed E-state index contributed by atoms with van der Waals surface area (Å²) >= 11 is 6.00. The van der Waals surface area contributed by atoms with Crippen LogP contribution < -0.4 is 15.4 Å². The molecular formula is C31H38ClN3O6. The molecule has 1 aliphatic rings. The molecule has 2 aromatic carbocycles. The number of nitrogens with zero attached hydrogens (tertiary/aromatic N) is 1. The van der Waals surface area contributed by atoms with Crippen molar-refractivity contribution >= 4 is 40.2 Å². The van der Waals surface area contributed by atoms with Gasteiger partial charge in [-0.05, 0) is 67.8 Å². The zero-order valence-electron chi connectivity index (χ0n) is 23.7. The maximum atomic E-state index is 13.4. The van der Waals surface area contributed by atoms with Gasteiger partial charge in [-0.2, -0.15) is 0 Å². The lowest BCUT2D eigenvalue weighted by Gasteiger charge is -2.11. The summed E-state index contributed by atoms with van der Waals surface area (Å²) < 4.78 is 18.1. The molecule has 0 radical (unpaired) electrons. The highest BCUT2D eigenvalue weighted by atomic mass is 35.5. The van der Waals surface area contributed by atoms with E-state index in [1.165, 1.54) is 0 Å². The lowest BCUT2D eigenvalue weighted by Crippen LogP contribution is -2.32. The molecule has 41 heavy (non-hydrogen) atoms. The van der Waals surface area contributed by atoms with Gasteiger partial charge in [-0.15, -0.1) is 0 Å². The first-order valence-corrected chi connectivity index (χ1v) is 14.4. The normalized spacial score (nSPS) is 13.4. The largest absolute Gasteiger partial charge is 0.497 e. The van der Waals surface area contributed by atoms with Crippen LogP contribution in [0.4, 0.5) is 0 Å². The molecule has 2 amide bonds. The number of rotatable bonds is 14. The molecule has 1 aromatic heterocycles. The van der Waals surface area contributed by atoms with Crippen LogP contribution in [0.3, 0.4) is 0 Å². The molecule has 1 fully saturated rings. The molecule has 1 saturated carbocycles. The summed E-state index contributed by atoms with van der Waals surface area (Å²) in [5.74, 6) is 0.558. The van der Waals surface area contributed by atoms with E-state index in [1.807, 2.05) is 19.1 Å². The topological polar surface area (TPSA) is 108 Å². The summed E-state index contributed by atoms with van der Waals surface area (Å²) in [4.78, 5) is 38.3. The fourth-order valence-electron chi connectivity index (χ4n) is 5.18. The van der Waals surface area contributed by atoms with Crippen LogP contribution >= 0.6 is 11.6 Å². The van der Waals surface area contributed by atoms with Crippen molar-refractivity contribution in [2.24, 2.45) is 5.92 Å². The standard InChI is InChI=1S/C31H38ClN3O6/c1-21-26(20-29(36)33-13-15-40-17-18-41-16-14-34-30(37)22-5-3-4-6-22)27-19-25(39-2)11-12-28(27)35(21)31(38)23-7-9-24(32)10-8-23/h7-12,19,22H,3-6,13-18,20H2,1-2H3,(H,33,36)(H,34,37). The van der Waals surface area contributed by atoms with Crippen LogP contribution in [0.2, 0.25) is 5.02 Å². The summed E-state index contributed by atoms with van der Waals surface area (Å²) in [7, 11) is 1.58. The van der Waals surface area contributed by atoms with Crippen LogP contribution in [0.1, 0.15) is 47.3 Å². The van der Waals surface area contributed by atoms with Crippen LogP contribution in [0.5, 0.6) is 5.75 Å². The van der Waals surface area contributed by atoms with Crippen LogP contribution in [-0.4, -0.2) is 68.9 Å². The van der Waals surface area contributed by atoms with Gasteiger partial charge in [0.2, 0.25) is 11.8 Å². The molecule has 0 bridgehead atoms. The van der Waals surface area contributed by atoms with Crippen LogP contribution in [-0.2, 0) is 25.5 Å². The van der Waals surface area contributed by atoms with E-state index in [0.717, 1.165) is 36.6 Å². The van der Waals surface area contributed by atoms with Gasteiger partial charge in [0.05, 0.1) is 45.5 Å². The van der Waals surface area contributed by atoms with Crippen molar-refractivity contribution in [2.45, 2.75) is 39.0 Å². The Morgan fingerprint density at radius 3 is 2.24 bits per heavy atom. The second-order valence-electron chi connectivity index (χ2n) is 10.1. The Hall–Kier alpha value is -3.40. The molecule has 1 aliphatic carbocycles. The number of nitrogens with one attached hydrogen (secondary N) is 2. The second-order valence-corrected chi connectivity index (χ2v) is 10.6. The van der Waals surface area contributed by atoms with Crippen molar-refractivity contribution in [2.75, 3.05) is 46.6 Å². The number of fused-ring (bicyclic) bond motifs is 1. The number of ether oxygens (including phenoxy) is 3. The first-order chi connectivity index (χ1) is 19.9. The number of carbonyl (C=O) groups is 3. The average Bonchev–Trinajstić information content (AvgIpc) is 3.61. The van der Waals surface area contributed by atoms with Crippen molar-refractivity contribution in [3.8, 4) is 5.75 Å². The van der Waals surface area contributed by atoms with Gasteiger partial charge in [0.25, 0.3) is 5.91 Å². The van der Waals surface area contributed by atoms with E-state index >= 15 is 0 Å². The molecule has 0 unspecified atom stereocenters. The third kappa shape index (κ3) is 8.09. The Balaban J connectivity index is 1.24. The van der Waals surface area contributed by atoms with Crippen molar-refractivity contribution in [1.82, 2.24) is 15.2 Å². The Morgan fingerprint density at radius 2 is 1.59 bits per heavy atom. The van der Waals surface area contributed by atoms with Crippen LogP contribution in [0.15, 0.2) is 42.5 Å². The van der Waals surface area contributed by atoms with Gasteiger partial charge in [0.15, 0.2) is 0 Å².